The highest BCUT2D eigenvalue weighted by atomic mass is 35.5. The van der Waals surface area contributed by atoms with E-state index in [-0.39, 0.29) is 0 Å². The Balaban J connectivity index is 2.10. The van der Waals surface area contributed by atoms with E-state index in [9.17, 15) is 0 Å². The van der Waals surface area contributed by atoms with Crippen molar-refractivity contribution < 1.29 is 0 Å². The Kier molecular flexibility index (Phi) is 3.53. The molecule has 0 amide bonds. The molecule has 0 saturated carbocycles. The van der Waals surface area contributed by atoms with Crippen LogP contribution in [0.15, 0.2) is 36.5 Å². The van der Waals surface area contributed by atoms with Crippen molar-refractivity contribution in [2.24, 2.45) is 0 Å². The minimum Gasteiger partial charge on any atom is -0.364 e. The summed E-state index contributed by atoms with van der Waals surface area (Å²) in [6.45, 7) is 0.541. The van der Waals surface area contributed by atoms with Gasteiger partial charge in [0.1, 0.15) is 11.0 Å². The second kappa shape index (κ2) is 5.28. The van der Waals surface area contributed by atoms with Crippen LogP contribution >= 0.6 is 11.6 Å². The summed E-state index contributed by atoms with van der Waals surface area (Å²) in [6.07, 6.45) is 1.73. The van der Waals surface area contributed by atoms with Crippen molar-refractivity contribution in [3.05, 3.63) is 52.9 Å². The topological polar surface area (TPSA) is 61.6 Å². The average molecular weight is 245 g/mol. The number of hydrogen-bond donors (Lipinski definition) is 1. The molecule has 1 N–H and O–H groups in total. The van der Waals surface area contributed by atoms with E-state index in [1.807, 2.05) is 24.3 Å². The molecule has 5 heteroatoms. The van der Waals surface area contributed by atoms with E-state index in [2.05, 4.69) is 15.3 Å². The smallest absolute Gasteiger partial charge is 0.132 e. The van der Waals surface area contributed by atoms with Crippen LogP contribution in [0.1, 0.15) is 11.3 Å². The van der Waals surface area contributed by atoms with Crippen molar-refractivity contribution in [1.82, 2.24) is 9.97 Å². The number of nitriles is 1. The molecule has 0 radical (unpaired) electrons. The molecule has 0 aliphatic carbocycles. The molecule has 0 aromatic carbocycles. The van der Waals surface area contributed by atoms with Gasteiger partial charge in [-0.3, -0.25) is 4.98 Å². The average Bonchev–Trinajstić information content (AvgIpc) is 2.37. The summed E-state index contributed by atoms with van der Waals surface area (Å²) in [4.78, 5) is 8.24. The van der Waals surface area contributed by atoms with Crippen molar-refractivity contribution in [2.45, 2.75) is 6.54 Å². The minimum atomic E-state index is 0.299. The number of nitrogens with one attached hydrogen (secondary N) is 1. The molecule has 0 unspecified atom stereocenters. The van der Waals surface area contributed by atoms with E-state index in [1.54, 1.807) is 12.3 Å². The Morgan fingerprint density at radius 2 is 2.24 bits per heavy atom. The maximum atomic E-state index is 8.80. The van der Waals surface area contributed by atoms with Crippen molar-refractivity contribution in [1.29, 1.82) is 5.26 Å². The number of halogens is 1. The second-order valence-corrected chi connectivity index (χ2v) is 3.74. The van der Waals surface area contributed by atoms with Gasteiger partial charge in [-0.05, 0) is 24.3 Å². The predicted octanol–water partition coefficient (Wildman–Crippen LogP) is 2.61. The Labute approximate surface area is 104 Å². The van der Waals surface area contributed by atoms with Crippen LogP contribution < -0.4 is 5.32 Å². The third kappa shape index (κ3) is 3.16. The van der Waals surface area contributed by atoms with Gasteiger partial charge in [0, 0.05) is 6.20 Å². The Morgan fingerprint density at radius 3 is 2.94 bits per heavy atom. The van der Waals surface area contributed by atoms with Crippen LogP contribution in [-0.2, 0) is 6.54 Å². The van der Waals surface area contributed by atoms with E-state index >= 15 is 0 Å². The zero-order chi connectivity index (χ0) is 12.1. The summed E-state index contributed by atoms with van der Waals surface area (Å²) in [5.74, 6) is 0.569. The van der Waals surface area contributed by atoms with Crippen LogP contribution in [0.2, 0.25) is 5.15 Å². The fourth-order valence-electron chi connectivity index (χ4n) is 1.34. The van der Waals surface area contributed by atoms with E-state index in [0.29, 0.717) is 23.1 Å². The zero-order valence-corrected chi connectivity index (χ0v) is 9.65. The molecule has 17 heavy (non-hydrogen) atoms. The first-order valence-electron chi connectivity index (χ1n) is 4.99. The SMILES string of the molecule is N#Cc1cc(Cl)nc(NCc2ccccn2)c1. The molecule has 0 saturated heterocycles. The first-order chi connectivity index (χ1) is 8.28. The minimum absolute atomic E-state index is 0.299. The maximum Gasteiger partial charge on any atom is 0.132 e. The van der Waals surface area contributed by atoms with Crippen molar-refractivity contribution in [3.63, 3.8) is 0 Å². The number of anilines is 1. The summed E-state index contributed by atoms with van der Waals surface area (Å²) in [5, 5.41) is 12.2. The highest BCUT2D eigenvalue weighted by Crippen LogP contribution is 2.14. The normalized spacial score (nSPS) is 9.65. The summed E-state index contributed by atoms with van der Waals surface area (Å²) >= 11 is 5.79. The molecule has 2 aromatic heterocycles. The highest BCUT2D eigenvalue weighted by Gasteiger charge is 2.01. The zero-order valence-electron chi connectivity index (χ0n) is 8.89. The van der Waals surface area contributed by atoms with Gasteiger partial charge in [0.2, 0.25) is 0 Å². The number of rotatable bonds is 3. The molecule has 4 nitrogen and oxygen atoms in total. The molecule has 0 atom stereocenters. The first kappa shape index (κ1) is 11.4. The number of nitrogens with zero attached hydrogens (tertiary/aromatic N) is 3. The van der Waals surface area contributed by atoms with E-state index in [1.165, 1.54) is 6.07 Å². The van der Waals surface area contributed by atoms with Crippen LogP contribution in [0.3, 0.4) is 0 Å². The molecule has 0 fully saturated rings. The molecule has 0 aliphatic heterocycles. The number of pyridine rings is 2. The molecule has 0 aliphatic rings. The fourth-order valence-corrected chi connectivity index (χ4v) is 1.54. The molecule has 2 rings (SSSR count). The highest BCUT2D eigenvalue weighted by molar-refractivity contribution is 6.29. The fraction of sp³-hybridized carbons (Fsp3) is 0.0833. The maximum absolute atomic E-state index is 8.80. The standard InChI is InChI=1S/C12H9ClN4/c13-11-5-9(7-14)6-12(17-11)16-8-10-3-1-2-4-15-10/h1-6H,8H2,(H,16,17). The van der Waals surface area contributed by atoms with Crippen molar-refractivity contribution >= 4 is 17.4 Å². The predicted molar refractivity (Wildman–Crippen MR) is 65.5 cm³/mol. The van der Waals surface area contributed by atoms with Crippen LogP contribution in [0.5, 0.6) is 0 Å². The summed E-state index contributed by atoms with van der Waals surface area (Å²) in [5.41, 5.74) is 1.38. The molecular weight excluding hydrogens is 236 g/mol. The Bertz CT molecular complexity index is 548. The van der Waals surface area contributed by atoms with Crippen LogP contribution in [0, 0.1) is 11.3 Å². The summed E-state index contributed by atoms with van der Waals surface area (Å²) < 4.78 is 0. The molecule has 2 aromatic rings. The van der Waals surface area contributed by atoms with Crippen molar-refractivity contribution in [2.75, 3.05) is 5.32 Å². The lowest BCUT2D eigenvalue weighted by atomic mass is 10.3. The monoisotopic (exact) mass is 244 g/mol. The van der Waals surface area contributed by atoms with Gasteiger partial charge >= 0.3 is 0 Å². The third-order valence-electron chi connectivity index (χ3n) is 2.10. The Morgan fingerprint density at radius 1 is 1.35 bits per heavy atom. The molecule has 0 spiro atoms. The van der Waals surface area contributed by atoms with Gasteiger partial charge in [-0.2, -0.15) is 5.26 Å². The van der Waals surface area contributed by atoms with Gasteiger partial charge in [-0.25, -0.2) is 4.98 Å². The molecule has 84 valence electrons. The largest absolute Gasteiger partial charge is 0.364 e. The van der Waals surface area contributed by atoms with Gasteiger partial charge in [0.05, 0.1) is 23.9 Å². The quantitative estimate of drug-likeness (QED) is 0.843. The van der Waals surface area contributed by atoms with Gasteiger partial charge in [0.15, 0.2) is 0 Å². The molecule has 2 heterocycles. The first-order valence-corrected chi connectivity index (χ1v) is 5.37. The van der Waals surface area contributed by atoms with Gasteiger partial charge in [-0.15, -0.1) is 0 Å². The Hall–Kier alpha value is -2.12. The molecular formula is C12H9ClN4. The lowest BCUT2D eigenvalue weighted by Crippen LogP contribution is -2.03. The molecule has 0 bridgehead atoms. The summed E-state index contributed by atoms with van der Waals surface area (Å²) in [6, 6.07) is 10.9. The van der Waals surface area contributed by atoms with Crippen LogP contribution in [-0.4, -0.2) is 9.97 Å². The van der Waals surface area contributed by atoms with E-state index in [0.717, 1.165) is 5.69 Å². The van der Waals surface area contributed by atoms with Crippen molar-refractivity contribution in [3.8, 4) is 6.07 Å². The van der Waals surface area contributed by atoms with E-state index < -0.39 is 0 Å². The van der Waals surface area contributed by atoms with Gasteiger partial charge in [0.25, 0.3) is 0 Å². The lowest BCUT2D eigenvalue weighted by Gasteiger charge is -2.05. The van der Waals surface area contributed by atoms with Crippen LogP contribution in [0.4, 0.5) is 5.82 Å². The number of aromatic nitrogens is 2. The summed E-state index contributed by atoms with van der Waals surface area (Å²) in [7, 11) is 0. The van der Waals surface area contributed by atoms with Gasteiger partial charge < -0.3 is 5.32 Å². The lowest BCUT2D eigenvalue weighted by molar-refractivity contribution is 1.03. The van der Waals surface area contributed by atoms with Crippen LogP contribution in [0.25, 0.3) is 0 Å². The number of hydrogen-bond acceptors (Lipinski definition) is 4. The van der Waals surface area contributed by atoms with E-state index in [4.69, 9.17) is 16.9 Å². The second-order valence-electron chi connectivity index (χ2n) is 3.35. The van der Waals surface area contributed by atoms with Gasteiger partial charge in [-0.1, -0.05) is 17.7 Å². The third-order valence-corrected chi connectivity index (χ3v) is 2.29.